The van der Waals surface area contributed by atoms with Crippen LogP contribution in [0.3, 0.4) is 0 Å². The van der Waals surface area contributed by atoms with E-state index in [2.05, 4.69) is 5.10 Å². The van der Waals surface area contributed by atoms with E-state index >= 15 is 0 Å². The molecule has 4 rings (SSSR count). The number of ketones is 1. The first-order valence-corrected chi connectivity index (χ1v) is 8.10. The quantitative estimate of drug-likeness (QED) is 0.782. The second-order valence-electron chi connectivity index (χ2n) is 6.24. The largest absolute Gasteiger partial charge is 0.508 e. The highest BCUT2D eigenvalue weighted by molar-refractivity contribution is 6.00. The zero-order chi connectivity index (χ0) is 16.7. The fraction of sp³-hybridized carbons (Fsp3) is 0.200. The molecule has 4 nitrogen and oxygen atoms in total. The summed E-state index contributed by atoms with van der Waals surface area (Å²) in [7, 11) is 0. The van der Waals surface area contributed by atoms with Gasteiger partial charge in [-0.2, -0.15) is 5.10 Å². The fourth-order valence-electron chi connectivity index (χ4n) is 3.59. The number of aromatic hydroxyl groups is 1. The van der Waals surface area contributed by atoms with Crippen molar-refractivity contribution in [2.24, 2.45) is 0 Å². The van der Waals surface area contributed by atoms with Crippen LogP contribution in [0, 0.1) is 6.92 Å². The van der Waals surface area contributed by atoms with Crippen LogP contribution in [0.1, 0.15) is 39.6 Å². The van der Waals surface area contributed by atoms with Crippen molar-refractivity contribution in [2.75, 3.05) is 0 Å². The maximum atomic E-state index is 12.7. The zero-order valence-corrected chi connectivity index (χ0v) is 13.4. The molecule has 24 heavy (non-hydrogen) atoms. The van der Waals surface area contributed by atoms with Gasteiger partial charge in [-0.1, -0.05) is 36.4 Å². The Labute approximate surface area is 140 Å². The predicted molar refractivity (Wildman–Crippen MR) is 91.8 cm³/mol. The van der Waals surface area contributed by atoms with Gasteiger partial charge in [-0.3, -0.25) is 4.79 Å². The van der Waals surface area contributed by atoms with Crippen molar-refractivity contribution in [2.45, 2.75) is 25.7 Å². The molecule has 1 heterocycles. The first-order chi connectivity index (χ1) is 11.6. The Morgan fingerprint density at radius 3 is 2.50 bits per heavy atom. The van der Waals surface area contributed by atoms with Gasteiger partial charge >= 0.3 is 0 Å². The molecule has 1 aromatic heterocycles. The molecule has 0 amide bonds. The monoisotopic (exact) mass is 318 g/mol. The van der Waals surface area contributed by atoms with E-state index in [0.29, 0.717) is 12.8 Å². The molecule has 0 bridgehead atoms. The Morgan fingerprint density at radius 2 is 1.75 bits per heavy atom. The predicted octanol–water partition coefficient (Wildman–Crippen LogP) is 3.80. The maximum absolute atomic E-state index is 12.7. The van der Waals surface area contributed by atoms with Crippen LogP contribution in [-0.2, 0) is 6.42 Å². The summed E-state index contributed by atoms with van der Waals surface area (Å²) >= 11 is 0. The molecular weight excluding hydrogens is 300 g/mol. The van der Waals surface area contributed by atoms with Crippen molar-refractivity contribution in [3.8, 4) is 11.4 Å². The average molecular weight is 318 g/mol. The number of fused-ring (bicyclic) bond motifs is 1. The molecule has 4 heteroatoms. The third kappa shape index (κ3) is 2.31. The summed E-state index contributed by atoms with van der Waals surface area (Å²) in [6.45, 7) is 1.89. The highest BCUT2D eigenvalue weighted by atomic mass is 16.3. The number of phenolic OH excluding ortho intramolecular Hbond substituents is 1. The van der Waals surface area contributed by atoms with E-state index in [9.17, 15) is 9.90 Å². The maximum Gasteiger partial charge on any atom is 0.167 e. The lowest BCUT2D eigenvalue weighted by atomic mass is 9.81. The number of nitrogens with zero attached hydrogens (tertiary/aromatic N) is 2. The molecule has 1 aliphatic carbocycles. The Hall–Kier alpha value is -2.88. The number of hydrogen-bond donors (Lipinski definition) is 1. The summed E-state index contributed by atoms with van der Waals surface area (Å²) < 4.78 is 1.87. The Morgan fingerprint density at radius 1 is 1.04 bits per heavy atom. The van der Waals surface area contributed by atoms with Crippen molar-refractivity contribution in [3.05, 3.63) is 77.1 Å². The van der Waals surface area contributed by atoms with Gasteiger partial charge in [0.15, 0.2) is 5.78 Å². The molecule has 3 aromatic rings. The van der Waals surface area contributed by atoms with E-state index in [1.807, 2.05) is 54.1 Å². The second-order valence-corrected chi connectivity index (χ2v) is 6.24. The van der Waals surface area contributed by atoms with Crippen LogP contribution in [0.15, 0.2) is 54.6 Å². The number of rotatable bonds is 2. The van der Waals surface area contributed by atoms with Crippen molar-refractivity contribution < 1.29 is 9.90 Å². The van der Waals surface area contributed by atoms with Crippen molar-refractivity contribution in [1.29, 1.82) is 0 Å². The van der Waals surface area contributed by atoms with Gasteiger partial charge in [-0.05, 0) is 37.1 Å². The topological polar surface area (TPSA) is 55.1 Å². The minimum Gasteiger partial charge on any atom is -0.508 e. The van der Waals surface area contributed by atoms with Gasteiger partial charge in [0.05, 0.1) is 22.6 Å². The lowest BCUT2D eigenvalue weighted by Crippen LogP contribution is -2.20. The van der Waals surface area contributed by atoms with Gasteiger partial charge in [0.1, 0.15) is 5.75 Å². The molecular formula is C20H18N2O2. The van der Waals surface area contributed by atoms with Crippen LogP contribution >= 0.6 is 0 Å². The molecule has 1 atom stereocenters. The van der Waals surface area contributed by atoms with E-state index in [0.717, 1.165) is 28.2 Å². The smallest absolute Gasteiger partial charge is 0.167 e. The van der Waals surface area contributed by atoms with Crippen LogP contribution in [0.2, 0.25) is 0 Å². The number of aromatic nitrogens is 2. The molecule has 0 spiro atoms. The molecule has 2 aromatic carbocycles. The third-order valence-corrected chi connectivity index (χ3v) is 4.68. The van der Waals surface area contributed by atoms with Gasteiger partial charge in [0.25, 0.3) is 0 Å². The minimum atomic E-state index is -0.0234. The van der Waals surface area contributed by atoms with Crippen molar-refractivity contribution in [3.63, 3.8) is 0 Å². The Balaban J connectivity index is 1.82. The molecule has 0 unspecified atom stereocenters. The average Bonchev–Trinajstić information content (AvgIpc) is 2.93. The lowest BCUT2D eigenvalue weighted by molar-refractivity contribution is 0.0963. The second kappa shape index (κ2) is 5.64. The van der Waals surface area contributed by atoms with E-state index in [1.165, 1.54) is 0 Å². The number of benzene rings is 2. The zero-order valence-electron chi connectivity index (χ0n) is 13.4. The number of aryl methyl sites for hydroxylation is 1. The molecule has 0 saturated heterocycles. The van der Waals surface area contributed by atoms with E-state index in [-0.39, 0.29) is 17.5 Å². The van der Waals surface area contributed by atoms with E-state index in [4.69, 9.17) is 0 Å². The van der Waals surface area contributed by atoms with Crippen LogP contribution in [-0.4, -0.2) is 20.7 Å². The van der Waals surface area contributed by atoms with Gasteiger partial charge in [0.2, 0.25) is 0 Å². The first kappa shape index (κ1) is 14.7. The fourth-order valence-corrected chi connectivity index (χ4v) is 3.59. The third-order valence-electron chi connectivity index (χ3n) is 4.68. The highest BCUT2D eigenvalue weighted by Crippen LogP contribution is 2.38. The summed E-state index contributed by atoms with van der Waals surface area (Å²) in [5.41, 5.74) is 4.23. The first-order valence-electron chi connectivity index (χ1n) is 8.10. The standard InChI is InChI=1S/C20H18N2O2/c1-13-20-17(22(21-13)15-7-3-2-4-8-15)11-14(12-19(20)24)16-9-5-6-10-18(16)23/h2-10,14,23H,11-12H2,1H3/t14-/m0/s1. The Kier molecular flexibility index (Phi) is 3.45. The van der Waals surface area contributed by atoms with Crippen molar-refractivity contribution in [1.82, 2.24) is 9.78 Å². The number of carbonyl (C=O) groups is 1. The van der Waals surface area contributed by atoms with Gasteiger partial charge in [-0.15, -0.1) is 0 Å². The molecule has 0 aliphatic heterocycles. The molecule has 1 N–H and O–H groups in total. The lowest BCUT2D eigenvalue weighted by Gasteiger charge is -2.23. The van der Waals surface area contributed by atoms with Gasteiger partial charge in [-0.25, -0.2) is 4.68 Å². The minimum absolute atomic E-state index is 0.0234. The van der Waals surface area contributed by atoms with Crippen LogP contribution in [0.25, 0.3) is 5.69 Å². The highest BCUT2D eigenvalue weighted by Gasteiger charge is 2.32. The summed E-state index contributed by atoms with van der Waals surface area (Å²) in [6, 6.07) is 17.1. The summed E-state index contributed by atoms with van der Waals surface area (Å²) in [4.78, 5) is 12.7. The summed E-state index contributed by atoms with van der Waals surface area (Å²) in [5.74, 6) is 0.329. The molecule has 120 valence electrons. The summed E-state index contributed by atoms with van der Waals surface area (Å²) in [5, 5.41) is 14.8. The number of phenols is 1. The summed E-state index contributed by atoms with van der Waals surface area (Å²) in [6.07, 6.45) is 1.10. The van der Waals surface area contributed by atoms with Crippen LogP contribution in [0.5, 0.6) is 5.75 Å². The SMILES string of the molecule is Cc1nn(-c2ccccc2)c2c1C(=O)C[C@@H](c1ccccc1O)C2. The van der Waals surface area contributed by atoms with E-state index in [1.54, 1.807) is 12.1 Å². The van der Waals surface area contributed by atoms with E-state index < -0.39 is 0 Å². The number of para-hydroxylation sites is 2. The number of hydrogen-bond acceptors (Lipinski definition) is 3. The van der Waals surface area contributed by atoms with Crippen LogP contribution < -0.4 is 0 Å². The van der Waals surface area contributed by atoms with Gasteiger partial charge < -0.3 is 5.11 Å². The number of carbonyl (C=O) groups excluding carboxylic acids is 1. The molecule has 0 radical (unpaired) electrons. The van der Waals surface area contributed by atoms with Crippen LogP contribution in [0.4, 0.5) is 0 Å². The normalized spacial score (nSPS) is 16.9. The van der Waals surface area contributed by atoms with Gasteiger partial charge in [0, 0.05) is 12.3 Å². The number of Topliss-reactive ketones (excluding diaryl/α,β-unsaturated/α-hetero) is 1. The Bertz CT molecular complexity index is 913. The molecule has 0 fully saturated rings. The molecule has 1 aliphatic rings. The molecule has 0 saturated carbocycles. The van der Waals surface area contributed by atoms with Crippen molar-refractivity contribution >= 4 is 5.78 Å².